The fourth-order valence-electron chi connectivity index (χ4n) is 10.4. The van der Waals surface area contributed by atoms with Crippen LogP contribution in [0.2, 0.25) is 0 Å². The Hall–Kier alpha value is -3.87. The predicted octanol–water partition coefficient (Wildman–Crippen LogP) is 4.19. The lowest BCUT2D eigenvalue weighted by Gasteiger charge is -2.48. The SMILES string of the molecule is CC[C@@H]1OC(=O)[C@H](C)[C@H]2OCC(=NOCc3cnc4cccnc4n3)CO[C@](C)(C[C@@H](C)C3=NCCN4C(=O)O[C@@]1(C)[C@H]4[C@H]3C)[C@@H](O[C@H]1O[C@@H](C)C[C@@H](N(C)C)[C@@H]1O)[C@@H]2C. The molecule has 0 aromatic carbocycles. The fourth-order valence-corrected chi connectivity index (χ4v) is 10.4. The minimum absolute atomic E-state index is 0.00609. The quantitative estimate of drug-likeness (QED) is 0.309. The van der Waals surface area contributed by atoms with E-state index in [2.05, 4.69) is 34.0 Å². The van der Waals surface area contributed by atoms with Gasteiger partial charge in [-0.2, -0.15) is 0 Å². The third kappa shape index (κ3) is 8.62. The number of aliphatic imine (C=N–C) groups is 1. The highest BCUT2D eigenvalue weighted by molar-refractivity contribution is 5.91. The van der Waals surface area contributed by atoms with Crippen LogP contribution in [0.5, 0.6) is 0 Å². The first kappa shape index (κ1) is 44.2. The number of aliphatic hydroxyl groups is 1. The first-order valence-corrected chi connectivity index (χ1v) is 21.4. The smallest absolute Gasteiger partial charge is 0.410 e. The topological polar surface area (TPSA) is 189 Å². The van der Waals surface area contributed by atoms with Crippen molar-refractivity contribution in [2.75, 3.05) is 40.4 Å². The fraction of sp³-hybridized carbons (Fsp3) is 0.744. The molecule has 0 spiro atoms. The summed E-state index contributed by atoms with van der Waals surface area (Å²) in [6.45, 7) is 16.5. The molecule has 0 radical (unpaired) electrons. The van der Waals surface area contributed by atoms with Gasteiger partial charge >= 0.3 is 12.1 Å². The van der Waals surface area contributed by atoms with E-state index in [-0.39, 0.29) is 43.8 Å². The number of fused-ring (bicyclic) bond motifs is 5. The van der Waals surface area contributed by atoms with Crippen molar-refractivity contribution in [2.45, 2.75) is 141 Å². The van der Waals surface area contributed by atoms with Crippen molar-refractivity contribution in [3.63, 3.8) is 0 Å². The summed E-state index contributed by atoms with van der Waals surface area (Å²) in [5.74, 6) is -2.32. The lowest BCUT2D eigenvalue weighted by atomic mass is 9.72. The number of aromatic nitrogens is 3. The van der Waals surface area contributed by atoms with Crippen molar-refractivity contribution in [3.05, 3.63) is 30.2 Å². The molecule has 4 saturated heterocycles. The number of cyclic esters (lactones) is 1. The Morgan fingerprint density at radius 1 is 1.08 bits per heavy atom. The zero-order valence-electron chi connectivity index (χ0n) is 36.6. The second-order valence-corrected chi connectivity index (χ2v) is 18.0. The number of pyridine rings is 1. The number of carbonyl (C=O) groups is 2. The average molecular weight is 838 g/mol. The van der Waals surface area contributed by atoms with Crippen molar-refractivity contribution in [2.24, 2.45) is 33.8 Å². The minimum Gasteiger partial charge on any atom is -0.458 e. The van der Waals surface area contributed by atoms with Crippen LogP contribution in [0.1, 0.15) is 80.3 Å². The van der Waals surface area contributed by atoms with E-state index in [1.54, 1.807) is 30.3 Å². The standard InChI is InChI=1S/C43H63N7O10/c1-11-32-43(8)36-25(4)33(44-15-16-50(36)41(53)60-43)23(2)18-42(7)37(59-40-34(51)31(49(9)10)17-24(3)57-40)26(5)35(27(6)39(52)58-32)54-20-29(21-55-42)48-56-22-28-19-46-30-13-12-14-45-38(30)47-28/h12-14,19,23-27,31-32,34-37,40,51H,11,15-18,20-22H2,1-10H3/t23-,24+,25+,26-,27-,31-,32+,34+,35+,36-,37+,40-,42-,43-/m1/s1. The van der Waals surface area contributed by atoms with Gasteiger partial charge in [0.2, 0.25) is 0 Å². The van der Waals surface area contributed by atoms with E-state index < -0.39 is 71.8 Å². The Morgan fingerprint density at radius 2 is 1.87 bits per heavy atom. The largest absolute Gasteiger partial charge is 0.458 e. The van der Waals surface area contributed by atoms with Gasteiger partial charge in [0.25, 0.3) is 0 Å². The monoisotopic (exact) mass is 837 g/mol. The molecule has 0 unspecified atom stereocenters. The number of esters is 1. The molecule has 17 heteroatoms. The van der Waals surface area contributed by atoms with Crippen molar-refractivity contribution >= 4 is 34.6 Å². The van der Waals surface area contributed by atoms with Gasteiger partial charge in [0.15, 0.2) is 24.1 Å². The van der Waals surface area contributed by atoms with Gasteiger partial charge in [-0.15, -0.1) is 0 Å². The zero-order valence-corrected chi connectivity index (χ0v) is 36.6. The Kier molecular flexibility index (Phi) is 13.1. The average Bonchev–Trinajstić information content (AvgIpc) is 3.36. The molecule has 4 fully saturated rings. The number of amides is 1. The van der Waals surface area contributed by atoms with Gasteiger partial charge in [0.1, 0.15) is 29.1 Å². The van der Waals surface area contributed by atoms with Crippen LogP contribution < -0.4 is 0 Å². The van der Waals surface area contributed by atoms with Crippen molar-refractivity contribution < 1.29 is 48.0 Å². The third-order valence-corrected chi connectivity index (χ3v) is 13.3. The number of hydrogen-bond acceptors (Lipinski definition) is 16. The highest BCUT2D eigenvalue weighted by atomic mass is 16.7. The molecule has 17 nitrogen and oxygen atoms in total. The lowest BCUT2D eigenvalue weighted by molar-refractivity contribution is -0.302. The first-order valence-electron chi connectivity index (χ1n) is 21.4. The maximum absolute atomic E-state index is 14.5. The van der Waals surface area contributed by atoms with Crippen LogP contribution in [-0.4, -0.2) is 154 Å². The van der Waals surface area contributed by atoms with Gasteiger partial charge < -0.3 is 43.3 Å². The lowest BCUT2D eigenvalue weighted by Crippen LogP contribution is -2.60. The number of likely N-dealkylation sites (N-methyl/N-ethyl adjacent to an activating group) is 1. The van der Waals surface area contributed by atoms with Gasteiger partial charge in [-0.25, -0.2) is 14.8 Å². The minimum atomic E-state index is -1.15. The molecular weight excluding hydrogens is 775 g/mol. The summed E-state index contributed by atoms with van der Waals surface area (Å²) in [4.78, 5) is 56.1. The van der Waals surface area contributed by atoms with E-state index in [1.165, 1.54) is 0 Å². The molecule has 5 aliphatic rings. The zero-order chi connectivity index (χ0) is 43.1. The summed E-state index contributed by atoms with van der Waals surface area (Å²) in [7, 11) is 3.86. The summed E-state index contributed by atoms with van der Waals surface area (Å²) in [6.07, 6.45) is -0.278. The third-order valence-electron chi connectivity index (χ3n) is 13.3. The van der Waals surface area contributed by atoms with Crippen molar-refractivity contribution in [1.82, 2.24) is 24.8 Å². The van der Waals surface area contributed by atoms with Gasteiger partial charge in [-0.05, 0) is 79.1 Å². The van der Waals surface area contributed by atoms with Crippen LogP contribution >= 0.6 is 0 Å². The van der Waals surface area contributed by atoms with Crippen LogP contribution in [0.4, 0.5) is 4.79 Å². The molecule has 1 N–H and O–H groups in total. The molecule has 0 aliphatic carbocycles. The summed E-state index contributed by atoms with van der Waals surface area (Å²) >= 11 is 0. The van der Waals surface area contributed by atoms with E-state index in [4.69, 9.17) is 38.3 Å². The molecule has 7 rings (SSSR count). The number of oxime groups is 1. The number of hydrogen-bond donors (Lipinski definition) is 1. The number of rotatable bonds is 7. The molecule has 1 amide bonds. The highest BCUT2D eigenvalue weighted by Gasteiger charge is 2.60. The van der Waals surface area contributed by atoms with E-state index in [9.17, 15) is 14.7 Å². The molecule has 14 atom stereocenters. The van der Waals surface area contributed by atoms with Crippen LogP contribution in [0.15, 0.2) is 34.7 Å². The second kappa shape index (κ2) is 17.8. The molecule has 5 aliphatic heterocycles. The summed E-state index contributed by atoms with van der Waals surface area (Å²) in [5.41, 5.74) is 0.792. The summed E-state index contributed by atoms with van der Waals surface area (Å²) in [5, 5.41) is 16.3. The van der Waals surface area contributed by atoms with Crippen LogP contribution in [0.25, 0.3) is 11.2 Å². The van der Waals surface area contributed by atoms with E-state index in [0.29, 0.717) is 54.9 Å². The Labute approximate surface area is 352 Å². The molecule has 4 bridgehead atoms. The first-order chi connectivity index (χ1) is 28.5. The molecular formula is C43H63N7O10. The number of carbonyl (C=O) groups excluding carboxylic acids is 2. The van der Waals surface area contributed by atoms with Gasteiger partial charge in [-0.1, -0.05) is 32.9 Å². The molecule has 330 valence electrons. The normalized spacial score (nSPS) is 39.9. The molecule has 2 aromatic rings. The van der Waals surface area contributed by atoms with Gasteiger partial charge in [0.05, 0.1) is 61.8 Å². The Bertz CT molecular complexity index is 1930. The van der Waals surface area contributed by atoms with Crippen molar-refractivity contribution in [1.29, 1.82) is 0 Å². The van der Waals surface area contributed by atoms with Crippen LogP contribution in [0, 0.1) is 23.7 Å². The molecule has 7 heterocycles. The Morgan fingerprint density at radius 3 is 2.62 bits per heavy atom. The number of aliphatic hydroxyl groups excluding tert-OH is 1. The second-order valence-electron chi connectivity index (χ2n) is 18.0. The predicted molar refractivity (Wildman–Crippen MR) is 220 cm³/mol. The number of ether oxygens (including phenoxy) is 6. The summed E-state index contributed by atoms with van der Waals surface area (Å²) in [6, 6.07) is 2.97. The highest BCUT2D eigenvalue weighted by Crippen LogP contribution is 2.45. The van der Waals surface area contributed by atoms with E-state index >= 15 is 0 Å². The maximum atomic E-state index is 14.5. The summed E-state index contributed by atoms with van der Waals surface area (Å²) < 4.78 is 39.8. The van der Waals surface area contributed by atoms with Crippen molar-refractivity contribution in [3.8, 4) is 0 Å². The molecule has 60 heavy (non-hydrogen) atoms. The van der Waals surface area contributed by atoms with E-state index in [1.807, 2.05) is 59.7 Å². The maximum Gasteiger partial charge on any atom is 0.410 e. The molecule has 2 aromatic heterocycles. The van der Waals surface area contributed by atoms with Gasteiger partial charge in [0, 0.05) is 36.3 Å². The van der Waals surface area contributed by atoms with Crippen LogP contribution in [-0.2, 0) is 44.7 Å². The van der Waals surface area contributed by atoms with Gasteiger partial charge in [-0.3, -0.25) is 19.7 Å². The van der Waals surface area contributed by atoms with Crippen LogP contribution in [0.3, 0.4) is 0 Å². The number of nitrogens with zero attached hydrogens (tertiary/aromatic N) is 7. The van der Waals surface area contributed by atoms with E-state index in [0.717, 1.165) is 5.71 Å². The molecule has 0 saturated carbocycles. The Balaban J connectivity index is 1.30.